The number of aromatic nitrogens is 1. The molecule has 1 heterocycles. The van der Waals surface area contributed by atoms with Crippen molar-refractivity contribution >= 4 is 18.1 Å². The zero-order valence-electron chi connectivity index (χ0n) is 18.3. The van der Waals surface area contributed by atoms with Gasteiger partial charge in [-0.1, -0.05) is 44.2 Å². The molecule has 0 unspecified atom stereocenters. The van der Waals surface area contributed by atoms with Crippen LogP contribution in [-0.2, 0) is 11.3 Å². The lowest BCUT2D eigenvalue weighted by atomic mass is 10.0. The van der Waals surface area contributed by atoms with Gasteiger partial charge in [0, 0.05) is 11.8 Å². The summed E-state index contributed by atoms with van der Waals surface area (Å²) in [5.41, 5.74) is 4.33. The van der Waals surface area contributed by atoms with Gasteiger partial charge in [0.25, 0.3) is 0 Å². The van der Waals surface area contributed by atoms with Crippen molar-refractivity contribution in [2.75, 3.05) is 14.2 Å². The molecule has 3 aromatic rings. The lowest BCUT2D eigenvalue weighted by molar-refractivity contribution is 0.0600. The molecular formula is C26H27NO4. The van der Waals surface area contributed by atoms with E-state index in [9.17, 15) is 4.79 Å². The Labute approximate surface area is 183 Å². The van der Waals surface area contributed by atoms with Gasteiger partial charge in [0.15, 0.2) is 0 Å². The zero-order valence-corrected chi connectivity index (χ0v) is 18.3. The molecule has 0 amide bonds. The highest BCUT2D eigenvalue weighted by Gasteiger charge is 2.13. The second kappa shape index (κ2) is 10.4. The maximum absolute atomic E-state index is 11.6. The fraction of sp³-hybridized carbons (Fsp3) is 0.231. The van der Waals surface area contributed by atoms with Crippen molar-refractivity contribution < 1.29 is 19.0 Å². The second-order valence-corrected chi connectivity index (χ2v) is 7.36. The summed E-state index contributed by atoms with van der Waals surface area (Å²) in [5.74, 6) is 1.50. The molecule has 1 aromatic heterocycles. The van der Waals surface area contributed by atoms with Crippen LogP contribution in [-0.4, -0.2) is 25.2 Å². The van der Waals surface area contributed by atoms with Crippen LogP contribution >= 0.6 is 0 Å². The highest BCUT2D eigenvalue weighted by molar-refractivity contribution is 5.89. The monoisotopic (exact) mass is 417 g/mol. The molecule has 160 valence electrons. The molecule has 0 atom stereocenters. The van der Waals surface area contributed by atoms with E-state index in [1.54, 1.807) is 25.4 Å². The van der Waals surface area contributed by atoms with Gasteiger partial charge >= 0.3 is 5.97 Å². The Hall–Kier alpha value is -3.60. The molecule has 31 heavy (non-hydrogen) atoms. The summed E-state index contributed by atoms with van der Waals surface area (Å²) in [6, 6.07) is 17.0. The number of benzene rings is 2. The van der Waals surface area contributed by atoms with Gasteiger partial charge in [-0.2, -0.15) is 0 Å². The van der Waals surface area contributed by atoms with E-state index in [1.165, 1.54) is 7.11 Å². The van der Waals surface area contributed by atoms with Crippen LogP contribution in [0.15, 0.2) is 60.8 Å². The van der Waals surface area contributed by atoms with Crippen molar-refractivity contribution in [3.63, 3.8) is 0 Å². The fourth-order valence-corrected chi connectivity index (χ4v) is 3.15. The molecule has 0 aliphatic carbocycles. The summed E-state index contributed by atoms with van der Waals surface area (Å²) in [6.07, 6.45) is 5.68. The molecule has 2 aromatic carbocycles. The number of nitrogens with zero attached hydrogens (tertiary/aromatic N) is 1. The smallest absolute Gasteiger partial charge is 0.337 e. The SMILES string of the molecule is COC(=O)c1ccc(C=Cc2nccc(C(C)C)c2OCc2cccc(OC)c2)cc1. The number of pyridine rings is 1. The molecule has 0 radical (unpaired) electrons. The number of esters is 1. The van der Waals surface area contributed by atoms with Gasteiger partial charge in [-0.15, -0.1) is 0 Å². The van der Waals surface area contributed by atoms with Gasteiger partial charge in [-0.05, 0) is 53.5 Å². The molecule has 0 saturated heterocycles. The Morgan fingerprint density at radius 2 is 1.81 bits per heavy atom. The third kappa shape index (κ3) is 5.72. The number of ether oxygens (including phenoxy) is 3. The summed E-state index contributed by atoms with van der Waals surface area (Å²) < 4.78 is 16.3. The van der Waals surface area contributed by atoms with E-state index < -0.39 is 0 Å². The Bertz CT molecular complexity index is 1060. The molecule has 0 aliphatic heterocycles. The first-order valence-electron chi connectivity index (χ1n) is 10.1. The minimum Gasteiger partial charge on any atom is -0.497 e. The van der Waals surface area contributed by atoms with Gasteiger partial charge in [0.1, 0.15) is 23.8 Å². The number of hydrogen-bond acceptors (Lipinski definition) is 5. The molecule has 5 nitrogen and oxygen atoms in total. The van der Waals surface area contributed by atoms with E-state index in [1.807, 2.05) is 54.6 Å². The molecule has 5 heteroatoms. The Morgan fingerprint density at radius 1 is 1.03 bits per heavy atom. The van der Waals surface area contributed by atoms with Crippen LogP contribution in [0.4, 0.5) is 0 Å². The molecule has 3 rings (SSSR count). The first-order chi connectivity index (χ1) is 15.0. The number of rotatable bonds is 8. The van der Waals surface area contributed by atoms with Gasteiger partial charge in [0.2, 0.25) is 0 Å². The lowest BCUT2D eigenvalue weighted by Crippen LogP contribution is -2.03. The summed E-state index contributed by atoms with van der Waals surface area (Å²) >= 11 is 0. The van der Waals surface area contributed by atoms with E-state index in [0.29, 0.717) is 12.2 Å². The van der Waals surface area contributed by atoms with Crippen molar-refractivity contribution in [1.29, 1.82) is 0 Å². The van der Waals surface area contributed by atoms with E-state index in [2.05, 4.69) is 18.8 Å². The first kappa shape index (κ1) is 22.1. The summed E-state index contributed by atoms with van der Waals surface area (Å²) in [5, 5.41) is 0. The van der Waals surface area contributed by atoms with Gasteiger partial charge in [0.05, 0.1) is 19.8 Å². The first-order valence-corrected chi connectivity index (χ1v) is 10.1. The maximum atomic E-state index is 11.6. The Kier molecular flexibility index (Phi) is 7.44. The van der Waals surface area contributed by atoms with Crippen molar-refractivity contribution in [3.8, 4) is 11.5 Å². The third-order valence-corrected chi connectivity index (χ3v) is 4.87. The molecule has 0 fully saturated rings. The average Bonchev–Trinajstić information content (AvgIpc) is 2.81. The van der Waals surface area contributed by atoms with Crippen LogP contribution in [0.3, 0.4) is 0 Å². The molecule has 0 spiro atoms. The van der Waals surface area contributed by atoms with Crippen LogP contribution in [0.25, 0.3) is 12.2 Å². The number of carbonyl (C=O) groups excluding carboxylic acids is 1. The number of carbonyl (C=O) groups is 1. The standard InChI is InChI=1S/C26H27NO4/c1-18(2)23-14-15-27-24(13-10-19-8-11-21(12-9-19)26(28)30-4)25(23)31-17-20-6-5-7-22(16-20)29-3/h5-16,18H,17H2,1-4H3. The number of methoxy groups -OCH3 is 2. The lowest BCUT2D eigenvalue weighted by Gasteiger charge is -2.16. The van der Waals surface area contributed by atoms with E-state index in [0.717, 1.165) is 33.9 Å². The van der Waals surface area contributed by atoms with Gasteiger partial charge in [-0.3, -0.25) is 4.98 Å². The van der Waals surface area contributed by atoms with E-state index >= 15 is 0 Å². The normalized spacial score (nSPS) is 11.0. The van der Waals surface area contributed by atoms with Crippen LogP contribution in [0.1, 0.15) is 52.5 Å². The van der Waals surface area contributed by atoms with Crippen LogP contribution in [0.2, 0.25) is 0 Å². The molecular weight excluding hydrogens is 390 g/mol. The van der Waals surface area contributed by atoms with Crippen LogP contribution in [0.5, 0.6) is 11.5 Å². The molecule has 0 aliphatic rings. The van der Waals surface area contributed by atoms with Crippen molar-refractivity contribution in [1.82, 2.24) is 4.98 Å². The highest BCUT2D eigenvalue weighted by atomic mass is 16.5. The number of hydrogen-bond donors (Lipinski definition) is 0. The summed E-state index contributed by atoms with van der Waals surface area (Å²) in [7, 11) is 3.02. The van der Waals surface area contributed by atoms with Crippen molar-refractivity contribution in [3.05, 3.63) is 88.7 Å². The Balaban J connectivity index is 1.85. The van der Waals surface area contributed by atoms with E-state index in [4.69, 9.17) is 14.2 Å². The molecule has 0 saturated carbocycles. The maximum Gasteiger partial charge on any atom is 0.337 e. The average molecular weight is 418 g/mol. The summed E-state index contributed by atoms with van der Waals surface area (Å²) in [4.78, 5) is 16.1. The molecule has 0 N–H and O–H groups in total. The third-order valence-electron chi connectivity index (χ3n) is 4.87. The van der Waals surface area contributed by atoms with Crippen molar-refractivity contribution in [2.45, 2.75) is 26.4 Å². The molecule has 0 bridgehead atoms. The minimum absolute atomic E-state index is 0.287. The van der Waals surface area contributed by atoms with Crippen molar-refractivity contribution in [2.24, 2.45) is 0 Å². The zero-order chi connectivity index (χ0) is 22.2. The van der Waals surface area contributed by atoms with Gasteiger partial charge < -0.3 is 14.2 Å². The minimum atomic E-state index is -0.352. The quantitative estimate of drug-likeness (QED) is 0.437. The second-order valence-electron chi connectivity index (χ2n) is 7.36. The van der Waals surface area contributed by atoms with E-state index in [-0.39, 0.29) is 11.9 Å². The van der Waals surface area contributed by atoms with Crippen LogP contribution in [0, 0.1) is 0 Å². The topological polar surface area (TPSA) is 57.7 Å². The Morgan fingerprint density at radius 3 is 2.48 bits per heavy atom. The largest absolute Gasteiger partial charge is 0.497 e. The van der Waals surface area contributed by atoms with Gasteiger partial charge in [-0.25, -0.2) is 4.79 Å². The highest BCUT2D eigenvalue weighted by Crippen LogP contribution is 2.31. The van der Waals surface area contributed by atoms with Crippen LogP contribution < -0.4 is 9.47 Å². The predicted molar refractivity (Wildman–Crippen MR) is 122 cm³/mol. The predicted octanol–water partition coefficient (Wildman–Crippen LogP) is 5.75. The fourth-order valence-electron chi connectivity index (χ4n) is 3.15. The summed E-state index contributed by atoms with van der Waals surface area (Å²) in [6.45, 7) is 4.68.